The maximum Gasteiger partial charge on any atom is 0.266 e. The second-order valence-corrected chi connectivity index (χ2v) is 6.94. The molecule has 4 heterocycles. The molecule has 7 nitrogen and oxygen atoms in total. The lowest BCUT2D eigenvalue weighted by atomic mass is 10.1. The van der Waals surface area contributed by atoms with Crippen molar-refractivity contribution in [3.05, 3.63) is 51.1 Å². The van der Waals surface area contributed by atoms with E-state index < -0.39 is 0 Å². The zero-order chi connectivity index (χ0) is 16.7. The fourth-order valence-electron chi connectivity index (χ4n) is 2.96. The quantitative estimate of drug-likeness (QED) is 0.715. The molecule has 4 rings (SSSR count). The molecule has 124 valence electrons. The Morgan fingerprint density at radius 1 is 1.33 bits per heavy atom. The second kappa shape index (κ2) is 5.95. The Bertz CT molecular complexity index is 940. The Balaban J connectivity index is 1.49. The predicted molar refractivity (Wildman–Crippen MR) is 91.6 cm³/mol. The fourth-order valence-corrected chi connectivity index (χ4v) is 3.75. The van der Waals surface area contributed by atoms with Crippen LogP contribution in [0.5, 0.6) is 0 Å². The van der Waals surface area contributed by atoms with Crippen molar-refractivity contribution in [3.63, 3.8) is 0 Å². The summed E-state index contributed by atoms with van der Waals surface area (Å²) in [7, 11) is 3.60. The van der Waals surface area contributed by atoms with Gasteiger partial charge in [-0.15, -0.1) is 11.3 Å². The zero-order valence-electron chi connectivity index (χ0n) is 13.6. The van der Waals surface area contributed by atoms with E-state index in [0.29, 0.717) is 0 Å². The third-order valence-electron chi connectivity index (χ3n) is 4.21. The molecule has 1 aliphatic heterocycles. The van der Waals surface area contributed by atoms with Crippen LogP contribution >= 0.6 is 11.3 Å². The first kappa shape index (κ1) is 15.2. The molecular formula is C16H18N6OS. The van der Waals surface area contributed by atoms with Crippen molar-refractivity contribution < 1.29 is 0 Å². The van der Waals surface area contributed by atoms with Crippen molar-refractivity contribution in [1.82, 2.24) is 29.4 Å². The predicted octanol–water partition coefficient (Wildman–Crippen LogP) is 1.20. The molecule has 0 radical (unpaired) electrons. The number of nitrogens with zero attached hydrogens (tertiary/aromatic N) is 6. The number of aromatic nitrogens is 5. The minimum Gasteiger partial charge on any atom is -0.293 e. The van der Waals surface area contributed by atoms with E-state index in [2.05, 4.69) is 20.5 Å². The largest absolute Gasteiger partial charge is 0.293 e. The van der Waals surface area contributed by atoms with Gasteiger partial charge in [0.25, 0.3) is 5.56 Å². The van der Waals surface area contributed by atoms with E-state index in [1.807, 2.05) is 19.4 Å². The van der Waals surface area contributed by atoms with Gasteiger partial charge in [-0.2, -0.15) is 10.2 Å². The summed E-state index contributed by atoms with van der Waals surface area (Å²) >= 11 is 1.64. The summed E-state index contributed by atoms with van der Waals surface area (Å²) in [6.07, 6.45) is 4.67. The molecule has 8 heteroatoms. The van der Waals surface area contributed by atoms with Crippen LogP contribution in [0.1, 0.15) is 17.0 Å². The number of hydrogen-bond donors (Lipinski definition) is 0. The maximum atomic E-state index is 11.8. The first-order chi connectivity index (χ1) is 11.6. The molecule has 24 heavy (non-hydrogen) atoms. The summed E-state index contributed by atoms with van der Waals surface area (Å²) in [5.41, 5.74) is 4.11. The SMILES string of the molecule is Cn1cc(-c2nc(CN3CCc4nn(C)c(=O)cc4C3)cs2)cn1. The molecule has 0 saturated heterocycles. The Morgan fingerprint density at radius 2 is 2.21 bits per heavy atom. The van der Waals surface area contributed by atoms with Crippen molar-refractivity contribution in [2.45, 2.75) is 19.5 Å². The first-order valence-corrected chi connectivity index (χ1v) is 8.68. The normalized spacial score (nSPS) is 14.8. The average molecular weight is 342 g/mol. The highest BCUT2D eigenvalue weighted by molar-refractivity contribution is 7.13. The van der Waals surface area contributed by atoms with Crippen LogP contribution in [0.2, 0.25) is 0 Å². The Labute approximate surface area is 143 Å². The number of aryl methyl sites for hydroxylation is 2. The van der Waals surface area contributed by atoms with Crippen molar-refractivity contribution >= 4 is 11.3 Å². The van der Waals surface area contributed by atoms with Gasteiger partial charge < -0.3 is 0 Å². The molecule has 0 atom stereocenters. The van der Waals surface area contributed by atoms with Gasteiger partial charge in [-0.05, 0) is 5.56 Å². The summed E-state index contributed by atoms with van der Waals surface area (Å²) in [6, 6.07) is 1.70. The third-order valence-corrected chi connectivity index (χ3v) is 5.15. The summed E-state index contributed by atoms with van der Waals surface area (Å²) in [5, 5.41) is 11.6. The Morgan fingerprint density at radius 3 is 3.00 bits per heavy atom. The summed E-state index contributed by atoms with van der Waals surface area (Å²) in [5.74, 6) is 0. The minimum atomic E-state index is -0.0527. The van der Waals surface area contributed by atoms with E-state index in [9.17, 15) is 4.79 Å². The van der Waals surface area contributed by atoms with Crippen LogP contribution in [0, 0.1) is 0 Å². The molecule has 0 N–H and O–H groups in total. The van der Waals surface area contributed by atoms with Crippen LogP contribution < -0.4 is 5.56 Å². The van der Waals surface area contributed by atoms with Gasteiger partial charge in [0.15, 0.2) is 0 Å². The van der Waals surface area contributed by atoms with Crippen molar-refractivity contribution in [2.24, 2.45) is 14.1 Å². The summed E-state index contributed by atoms with van der Waals surface area (Å²) in [4.78, 5) is 18.8. The Kier molecular flexibility index (Phi) is 3.78. The molecule has 0 amide bonds. The molecule has 0 aromatic carbocycles. The lowest BCUT2D eigenvalue weighted by Gasteiger charge is -2.27. The van der Waals surface area contributed by atoms with Crippen LogP contribution in [0.4, 0.5) is 0 Å². The van der Waals surface area contributed by atoms with Gasteiger partial charge in [-0.25, -0.2) is 9.67 Å². The van der Waals surface area contributed by atoms with Gasteiger partial charge in [0, 0.05) is 63.4 Å². The highest BCUT2D eigenvalue weighted by Gasteiger charge is 2.19. The van der Waals surface area contributed by atoms with E-state index in [1.165, 1.54) is 4.68 Å². The molecule has 0 aliphatic carbocycles. The van der Waals surface area contributed by atoms with Gasteiger partial charge in [0.05, 0.1) is 17.6 Å². The summed E-state index contributed by atoms with van der Waals surface area (Å²) < 4.78 is 3.20. The third kappa shape index (κ3) is 2.90. The molecular weight excluding hydrogens is 324 g/mol. The number of rotatable bonds is 3. The highest BCUT2D eigenvalue weighted by Crippen LogP contribution is 2.24. The van der Waals surface area contributed by atoms with Gasteiger partial charge in [-0.3, -0.25) is 14.4 Å². The van der Waals surface area contributed by atoms with Crippen LogP contribution in [-0.4, -0.2) is 36.0 Å². The van der Waals surface area contributed by atoms with E-state index in [-0.39, 0.29) is 5.56 Å². The van der Waals surface area contributed by atoms with Crippen molar-refractivity contribution in [2.75, 3.05) is 6.54 Å². The van der Waals surface area contributed by atoms with Crippen LogP contribution in [0.25, 0.3) is 10.6 Å². The van der Waals surface area contributed by atoms with Crippen LogP contribution in [0.15, 0.2) is 28.6 Å². The van der Waals surface area contributed by atoms with Gasteiger partial charge in [-0.1, -0.05) is 0 Å². The molecule has 0 unspecified atom stereocenters. The smallest absolute Gasteiger partial charge is 0.266 e. The highest BCUT2D eigenvalue weighted by atomic mass is 32.1. The molecule has 1 aliphatic rings. The maximum absolute atomic E-state index is 11.8. The van der Waals surface area contributed by atoms with Gasteiger partial charge in [0.2, 0.25) is 0 Å². The van der Waals surface area contributed by atoms with E-state index in [0.717, 1.165) is 53.6 Å². The standard InChI is InChI=1S/C16H18N6OS/c1-20-7-12(6-17-20)16-18-13(10-24-16)9-22-4-3-14-11(8-22)5-15(23)21(2)19-14/h5-7,10H,3-4,8-9H2,1-2H3. The topological polar surface area (TPSA) is 68.8 Å². The van der Waals surface area contributed by atoms with E-state index in [4.69, 9.17) is 4.98 Å². The summed E-state index contributed by atoms with van der Waals surface area (Å²) in [6.45, 7) is 2.46. The number of fused-ring (bicyclic) bond motifs is 1. The molecule has 3 aromatic heterocycles. The molecule has 0 spiro atoms. The lowest BCUT2D eigenvalue weighted by molar-refractivity contribution is 0.239. The van der Waals surface area contributed by atoms with E-state index >= 15 is 0 Å². The fraction of sp³-hybridized carbons (Fsp3) is 0.375. The number of thiazole rings is 1. The second-order valence-electron chi connectivity index (χ2n) is 6.09. The van der Waals surface area contributed by atoms with Crippen LogP contribution in [0.3, 0.4) is 0 Å². The molecule has 3 aromatic rings. The van der Waals surface area contributed by atoms with Crippen molar-refractivity contribution in [3.8, 4) is 10.6 Å². The van der Waals surface area contributed by atoms with Gasteiger partial charge in [0.1, 0.15) is 5.01 Å². The van der Waals surface area contributed by atoms with Gasteiger partial charge >= 0.3 is 0 Å². The monoisotopic (exact) mass is 342 g/mol. The lowest BCUT2D eigenvalue weighted by Crippen LogP contribution is -2.34. The average Bonchev–Trinajstić information content (AvgIpc) is 3.18. The van der Waals surface area contributed by atoms with Crippen molar-refractivity contribution in [1.29, 1.82) is 0 Å². The Hall–Kier alpha value is -2.32. The van der Waals surface area contributed by atoms with E-state index in [1.54, 1.807) is 29.1 Å². The minimum absolute atomic E-state index is 0.0527. The molecule has 0 bridgehead atoms. The van der Waals surface area contributed by atoms with Crippen LogP contribution in [-0.2, 0) is 33.6 Å². The molecule has 0 saturated carbocycles. The molecule has 0 fully saturated rings. The zero-order valence-corrected chi connectivity index (χ0v) is 14.5. The number of hydrogen-bond acceptors (Lipinski definition) is 6. The first-order valence-electron chi connectivity index (χ1n) is 7.80.